The van der Waals surface area contributed by atoms with Crippen molar-refractivity contribution in [1.82, 2.24) is 5.32 Å². The number of hydrogen-bond acceptors (Lipinski definition) is 4. The second-order valence-corrected chi connectivity index (χ2v) is 6.12. The van der Waals surface area contributed by atoms with Crippen molar-refractivity contribution in [2.75, 3.05) is 6.54 Å². The van der Waals surface area contributed by atoms with E-state index in [9.17, 15) is 14.4 Å². The molecule has 0 fully saturated rings. The van der Waals surface area contributed by atoms with Crippen molar-refractivity contribution < 1.29 is 14.4 Å². The maximum atomic E-state index is 12.5. The number of allylic oxidation sites excluding steroid dienone is 1. The lowest BCUT2D eigenvalue weighted by atomic mass is 9.83. The van der Waals surface area contributed by atoms with Crippen LogP contribution >= 0.6 is 0 Å². The molecule has 0 aliphatic heterocycles. The second kappa shape index (κ2) is 6.87. The fourth-order valence-corrected chi connectivity index (χ4v) is 2.58. The molecule has 122 valence electrons. The van der Waals surface area contributed by atoms with Gasteiger partial charge in [-0.2, -0.15) is 0 Å². The molecule has 3 N–H and O–H groups in total. The smallest absolute Gasteiger partial charge is 0.237 e. The molecule has 0 saturated carbocycles. The van der Waals surface area contributed by atoms with Crippen molar-refractivity contribution in [3.05, 3.63) is 46.5 Å². The van der Waals surface area contributed by atoms with Gasteiger partial charge < -0.3 is 11.1 Å². The number of carbonyl (C=O) groups excluding carboxylic acids is 3. The van der Waals surface area contributed by atoms with Gasteiger partial charge in [-0.05, 0) is 19.3 Å². The Balaban J connectivity index is 2.09. The molecular formula is C18H22N2O3. The average molecular weight is 314 g/mol. The standard InChI is InChI=1S/C18H22N2O3/c1-10(2)15(19)18(23)20-9-8-12-11(3)16(21)13-6-4-5-7-14(13)17(12)22/h4-7,10,15H,8-9,19H2,1-3H3,(H,20,23). The Hall–Kier alpha value is -2.27. The van der Waals surface area contributed by atoms with E-state index in [-0.39, 0.29) is 29.9 Å². The van der Waals surface area contributed by atoms with Gasteiger partial charge >= 0.3 is 0 Å². The third-order valence-corrected chi connectivity index (χ3v) is 4.18. The van der Waals surface area contributed by atoms with Gasteiger partial charge in [-0.1, -0.05) is 38.1 Å². The van der Waals surface area contributed by atoms with Crippen LogP contribution in [0.4, 0.5) is 0 Å². The van der Waals surface area contributed by atoms with Crippen molar-refractivity contribution >= 4 is 17.5 Å². The molecule has 0 heterocycles. The molecule has 1 unspecified atom stereocenters. The van der Waals surface area contributed by atoms with Crippen LogP contribution in [0.2, 0.25) is 0 Å². The van der Waals surface area contributed by atoms with Crippen LogP contribution in [0.25, 0.3) is 0 Å². The zero-order valence-corrected chi connectivity index (χ0v) is 13.7. The monoisotopic (exact) mass is 314 g/mol. The van der Waals surface area contributed by atoms with E-state index in [2.05, 4.69) is 5.32 Å². The van der Waals surface area contributed by atoms with Gasteiger partial charge in [0.25, 0.3) is 0 Å². The van der Waals surface area contributed by atoms with E-state index >= 15 is 0 Å². The van der Waals surface area contributed by atoms with Crippen LogP contribution in [0.1, 0.15) is 47.9 Å². The van der Waals surface area contributed by atoms with Crippen molar-refractivity contribution in [3.8, 4) is 0 Å². The SMILES string of the molecule is CC1=C(CCNC(=O)C(N)C(C)C)C(=O)c2ccccc2C1=O. The predicted molar refractivity (Wildman–Crippen MR) is 88.2 cm³/mol. The average Bonchev–Trinajstić information content (AvgIpc) is 2.54. The van der Waals surface area contributed by atoms with Gasteiger partial charge in [0.05, 0.1) is 6.04 Å². The highest BCUT2D eigenvalue weighted by Crippen LogP contribution is 2.27. The Morgan fingerprint density at radius 1 is 1.13 bits per heavy atom. The number of carbonyl (C=O) groups is 3. The van der Waals surface area contributed by atoms with E-state index in [0.29, 0.717) is 28.7 Å². The summed E-state index contributed by atoms with van der Waals surface area (Å²) in [5.41, 5.74) is 7.58. The topological polar surface area (TPSA) is 89.3 Å². The summed E-state index contributed by atoms with van der Waals surface area (Å²) in [6.45, 7) is 5.69. The zero-order chi connectivity index (χ0) is 17.1. The number of amides is 1. The zero-order valence-electron chi connectivity index (χ0n) is 13.7. The number of nitrogens with one attached hydrogen (secondary N) is 1. The summed E-state index contributed by atoms with van der Waals surface area (Å²) in [6, 6.07) is 6.24. The van der Waals surface area contributed by atoms with Crippen LogP contribution in [-0.4, -0.2) is 30.1 Å². The van der Waals surface area contributed by atoms with Gasteiger partial charge in [-0.25, -0.2) is 0 Å². The summed E-state index contributed by atoms with van der Waals surface area (Å²) in [7, 11) is 0. The van der Waals surface area contributed by atoms with E-state index in [1.807, 2.05) is 13.8 Å². The molecule has 0 spiro atoms. The number of hydrogen-bond donors (Lipinski definition) is 2. The maximum Gasteiger partial charge on any atom is 0.237 e. The summed E-state index contributed by atoms with van der Waals surface area (Å²) >= 11 is 0. The van der Waals surface area contributed by atoms with E-state index in [4.69, 9.17) is 5.73 Å². The normalized spacial score (nSPS) is 15.7. The number of ketones is 2. The second-order valence-electron chi connectivity index (χ2n) is 6.12. The maximum absolute atomic E-state index is 12.5. The van der Waals surface area contributed by atoms with E-state index < -0.39 is 6.04 Å². The van der Waals surface area contributed by atoms with E-state index in [1.54, 1.807) is 31.2 Å². The fourth-order valence-electron chi connectivity index (χ4n) is 2.58. The molecule has 1 aromatic carbocycles. The third-order valence-electron chi connectivity index (χ3n) is 4.18. The van der Waals surface area contributed by atoms with Crippen LogP contribution in [0, 0.1) is 5.92 Å². The Bertz CT molecular complexity index is 689. The molecular weight excluding hydrogens is 292 g/mol. The summed E-state index contributed by atoms with van der Waals surface area (Å²) in [4.78, 5) is 36.7. The summed E-state index contributed by atoms with van der Waals surface area (Å²) in [5.74, 6) is -0.463. The Labute approximate surface area is 135 Å². The number of fused-ring (bicyclic) bond motifs is 1. The first-order chi connectivity index (χ1) is 10.8. The number of Topliss-reactive ketones (excluding diaryl/α,β-unsaturated/α-hetero) is 2. The lowest BCUT2D eigenvalue weighted by Crippen LogP contribution is -2.44. The van der Waals surface area contributed by atoms with E-state index in [0.717, 1.165) is 0 Å². The molecule has 0 saturated heterocycles. The molecule has 1 aliphatic carbocycles. The highest BCUT2D eigenvalue weighted by Gasteiger charge is 2.29. The lowest BCUT2D eigenvalue weighted by molar-refractivity contribution is -0.123. The van der Waals surface area contributed by atoms with Crippen LogP contribution in [-0.2, 0) is 4.79 Å². The molecule has 5 heteroatoms. The van der Waals surface area contributed by atoms with Crippen molar-refractivity contribution in [2.45, 2.75) is 33.2 Å². The minimum absolute atomic E-state index is 0.0423. The van der Waals surface area contributed by atoms with Crippen molar-refractivity contribution in [3.63, 3.8) is 0 Å². The molecule has 0 bridgehead atoms. The predicted octanol–water partition coefficient (Wildman–Crippen LogP) is 1.87. The first kappa shape index (κ1) is 17.1. The van der Waals surface area contributed by atoms with Crippen LogP contribution < -0.4 is 11.1 Å². The van der Waals surface area contributed by atoms with Gasteiger partial charge in [0.2, 0.25) is 5.91 Å². The molecule has 0 aromatic heterocycles. The van der Waals surface area contributed by atoms with Gasteiger partial charge in [0.1, 0.15) is 0 Å². The lowest BCUT2D eigenvalue weighted by Gasteiger charge is -2.20. The minimum atomic E-state index is -0.575. The van der Waals surface area contributed by atoms with Crippen molar-refractivity contribution in [1.29, 1.82) is 0 Å². The Morgan fingerprint density at radius 2 is 1.70 bits per heavy atom. The minimum Gasteiger partial charge on any atom is -0.354 e. The highest BCUT2D eigenvalue weighted by atomic mass is 16.2. The molecule has 0 radical (unpaired) electrons. The first-order valence-corrected chi connectivity index (χ1v) is 7.76. The molecule has 5 nitrogen and oxygen atoms in total. The first-order valence-electron chi connectivity index (χ1n) is 7.76. The van der Waals surface area contributed by atoms with Gasteiger partial charge in [0, 0.05) is 28.8 Å². The van der Waals surface area contributed by atoms with Gasteiger partial charge in [-0.15, -0.1) is 0 Å². The van der Waals surface area contributed by atoms with Crippen LogP contribution in [0.5, 0.6) is 0 Å². The molecule has 1 atom stereocenters. The van der Waals surface area contributed by atoms with Crippen LogP contribution in [0.15, 0.2) is 35.4 Å². The highest BCUT2D eigenvalue weighted by molar-refractivity contribution is 6.26. The number of nitrogens with two attached hydrogens (primary N) is 1. The van der Waals surface area contributed by atoms with Crippen molar-refractivity contribution in [2.24, 2.45) is 11.7 Å². The molecule has 2 rings (SSSR count). The molecule has 23 heavy (non-hydrogen) atoms. The largest absolute Gasteiger partial charge is 0.354 e. The third kappa shape index (κ3) is 3.40. The van der Waals surface area contributed by atoms with E-state index in [1.165, 1.54) is 0 Å². The summed E-state index contributed by atoms with van der Waals surface area (Å²) < 4.78 is 0. The molecule has 1 aromatic rings. The quantitative estimate of drug-likeness (QED) is 0.868. The molecule has 1 amide bonds. The number of benzene rings is 1. The summed E-state index contributed by atoms with van der Waals surface area (Å²) in [6.07, 6.45) is 0.321. The van der Waals surface area contributed by atoms with Gasteiger partial charge in [0.15, 0.2) is 11.6 Å². The Kier molecular flexibility index (Phi) is 5.11. The molecule has 1 aliphatic rings. The van der Waals surface area contributed by atoms with Gasteiger partial charge in [-0.3, -0.25) is 14.4 Å². The van der Waals surface area contributed by atoms with Crippen LogP contribution in [0.3, 0.4) is 0 Å². The number of rotatable bonds is 5. The summed E-state index contributed by atoms with van der Waals surface area (Å²) in [5, 5.41) is 2.73. The Morgan fingerprint density at radius 3 is 2.26 bits per heavy atom. The fraction of sp³-hybridized carbons (Fsp3) is 0.389.